The average molecular weight is 204 g/mol. The van der Waals surface area contributed by atoms with Crippen molar-refractivity contribution >= 4 is 12.3 Å². The van der Waals surface area contributed by atoms with E-state index in [1.807, 2.05) is 0 Å². The standard InChI is InChI=1S/C7H6F2N2O3/c1-11-3(2-12)4(7(13)14)5(10-11)6(8)9/h2,6H,1H3,(H,13,14). The molecule has 5 nitrogen and oxygen atoms in total. The number of carboxylic acids is 1. The Morgan fingerprint density at radius 3 is 2.57 bits per heavy atom. The van der Waals surface area contributed by atoms with Crippen LogP contribution in [0.3, 0.4) is 0 Å². The molecule has 0 unspecified atom stereocenters. The summed E-state index contributed by atoms with van der Waals surface area (Å²) < 4.78 is 25.3. The predicted octanol–water partition coefficient (Wildman–Crippen LogP) is 0.868. The van der Waals surface area contributed by atoms with Crippen LogP contribution >= 0.6 is 0 Å². The summed E-state index contributed by atoms with van der Waals surface area (Å²) in [6, 6.07) is 0. The van der Waals surface area contributed by atoms with Gasteiger partial charge in [0.1, 0.15) is 17.0 Å². The van der Waals surface area contributed by atoms with Gasteiger partial charge in [-0.1, -0.05) is 0 Å². The molecule has 1 rings (SSSR count). The van der Waals surface area contributed by atoms with E-state index in [4.69, 9.17) is 5.11 Å². The monoisotopic (exact) mass is 204 g/mol. The number of nitrogens with zero attached hydrogens (tertiary/aromatic N) is 2. The molecule has 0 amide bonds. The van der Waals surface area contributed by atoms with Gasteiger partial charge >= 0.3 is 5.97 Å². The van der Waals surface area contributed by atoms with E-state index in [2.05, 4.69) is 5.10 Å². The fourth-order valence-corrected chi connectivity index (χ4v) is 1.07. The Morgan fingerprint density at radius 1 is 1.64 bits per heavy atom. The Balaban J connectivity index is 3.45. The molecule has 0 aliphatic heterocycles. The van der Waals surface area contributed by atoms with E-state index in [0.29, 0.717) is 0 Å². The number of aryl methyl sites for hydroxylation is 1. The molecular formula is C7H6F2N2O3. The van der Waals surface area contributed by atoms with Crippen molar-refractivity contribution < 1.29 is 23.5 Å². The first-order valence-electron chi connectivity index (χ1n) is 3.52. The molecule has 1 aromatic rings. The number of carbonyl (C=O) groups is 2. The summed E-state index contributed by atoms with van der Waals surface area (Å²) in [6.45, 7) is 0. The molecule has 0 spiro atoms. The fraction of sp³-hybridized carbons (Fsp3) is 0.286. The molecule has 0 saturated heterocycles. The molecule has 1 aromatic heterocycles. The van der Waals surface area contributed by atoms with Crippen LogP contribution in [-0.2, 0) is 7.05 Å². The molecule has 0 fully saturated rings. The van der Waals surface area contributed by atoms with Crippen molar-refractivity contribution in [1.29, 1.82) is 0 Å². The lowest BCUT2D eigenvalue weighted by Gasteiger charge is -1.95. The molecule has 1 heterocycles. The zero-order valence-corrected chi connectivity index (χ0v) is 7.07. The molecule has 0 bridgehead atoms. The third-order valence-electron chi connectivity index (χ3n) is 1.65. The molecule has 76 valence electrons. The molecule has 0 aromatic carbocycles. The molecule has 0 aliphatic carbocycles. The second-order valence-corrected chi connectivity index (χ2v) is 2.49. The minimum atomic E-state index is -3.01. The van der Waals surface area contributed by atoms with Crippen molar-refractivity contribution in [3.05, 3.63) is 17.0 Å². The van der Waals surface area contributed by atoms with Crippen LogP contribution in [0.25, 0.3) is 0 Å². The van der Waals surface area contributed by atoms with Gasteiger partial charge in [0.2, 0.25) is 0 Å². The highest BCUT2D eigenvalue weighted by Crippen LogP contribution is 2.23. The van der Waals surface area contributed by atoms with E-state index >= 15 is 0 Å². The van der Waals surface area contributed by atoms with Crippen molar-refractivity contribution in [2.24, 2.45) is 7.05 Å². The molecule has 0 atom stereocenters. The number of hydrogen-bond acceptors (Lipinski definition) is 3. The average Bonchev–Trinajstić information content (AvgIpc) is 2.42. The summed E-state index contributed by atoms with van der Waals surface area (Å²) in [7, 11) is 1.22. The lowest BCUT2D eigenvalue weighted by molar-refractivity contribution is 0.0681. The van der Waals surface area contributed by atoms with Crippen molar-refractivity contribution in [1.82, 2.24) is 9.78 Å². The molecule has 0 aliphatic rings. The molecular weight excluding hydrogens is 198 g/mol. The zero-order chi connectivity index (χ0) is 10.9. The minimum absolute atomic E-state index is 0.183. The van der Waals surface area contributed by atoms with Crippen LogP contribution in [0.5, 0.6) is 0 Å². The van der Waals surface area contributed by atoms with Gasteiger partial charge in [0.05, 0.1) is 0 Å². The zero-order valence-electron chi connectivity index (χ0n) is 7.07. The fourth-order valence-electron chi connectivity index (χ4n) is 1.07. The number of hydrogen-bond donors (Lipinski definition) is 1. The second kappa shape index (κ2) is 3.52. The van der Waals surface area contributed by atoms with E-state index in [0.717, 1.165) is 4.68 Å². The lowest BCUT2D eigenvalue weighted by Crippen LogP contribution is -2.04. The minimum Gasteiger partial charge on any atom is -0.478 e. The van der Waals surface area contributed by atoms with Crippen LogP contribution in [-0.4, -0.2) is 27.1 Å². The van der Waals surface area contributed by atoms with Gasteiger partial charge < -0.3 is 5.11 Å². The van der Waals surface area contributed by atoms with Crippen molar-refractivity contribution in [2.75, 3.05) is 0 Å². The molecule has 0 saturated carbocycles. The summed E-state index contributed by atoms with van der Waals surface area (Å²) in [5.41, 5.74) is -1.99. The summed E-state index contributed by atoms with van der Waals surface area (Å²) in [6.07, 6.45) is -2.83. The number of rotatable bonds is 3. The topological polar surface area (TPSA) is 72.2 Å². The number of alkyl halides is 2. The Bertz CT molecular complexity index is 387. The Hall–Kier alpha value is -1.79. The van der Waals surface area contributed by atoms with Gasteiger partial charge in [0.25, 0.3) is 6.43 Å². The SMILES string of the molecule is Cn1nc(C(F)F)c(C(=O)O)c1C=O. The third-order valence-corrected chi connectivity index (χ3v) is 1.65. The number of aldehydes is 1. The summed E-state index contributed by atoms with van der Waals surface area (Å²) >= 11 is 0. The van der Waals surface area contributed by atoms with Crippen LogP contribution < -0.4 is 0 Å². The number of aromatic carboxylic acids is 1. The van der Waals surface area contributed by atoms with Gasteiger partial charge in [-0.05, 0) is 0 Å². The lowest BCUT2D eigenvalue weighted by atomic mass is 10.2. The first kappa shape index (κ1) is 10.3. The van der Waals surface area contributed by atoms with Gasteiger partial charge in [0, 0.05) is 7.05 Å². The Labute approximate surface area is 76.9 Å². The maximum Gasteiger partial charge on any atom is 0.340 e. The van der Waals surface area contributed by atoms with E-state index in [9.17, 15) is 18.4 Å². The number of aromatic nitrogens is 2. The molecule has 0 radical (unpaired) electrons. The van der Waals surface area contributed by atoms with Gasteiger partial charge in [0.15, 0.2) is 6.29 Å². The molecule has 14 heavy (non-hydrogen) atoms. The first-order valence-corrected chi connectivity index (χ1v) is 3.52. The van der Waals surface area contributed by atoms with Crippen LogP contribution in [0.2, 0.25) is 0 Å². The van der Waals surface area contributed by atoms with Gasteiger partial charge in [-0.3, -0.25) is 9.48 Å². The van der Waals surface area contributed by atoms with E-state index in [1.54, 1.807) is 0 Å². The Morgan fingerprint density at radius 2 is 2.21 bits per heavy atom. The quantitative estimate of drug-likeness (QED) is 0.741. The Kier molecular flexibility index (Phi) is 2.59. The van der Waals surface area contributed by atoms with E-state index in [-0.39, 0.29) is 12.0 Å². The van der Waals surface area contributed by atoms with Crippen molar-refractivity contribution in [2.45, 2.75) is 6.43 Å². The van der Waals surface area contributed by atoms with Crippen LogP contribution in [0.15, 0.2) is 0 Å². The summed E-state index contributed by atoms with van der Waals surface area (Å²) in [4.78, 5) is 21.0. The van der Waals surface area contributed by atoms with Crippen LogP contribution in [0, 0.1) is 0 Å². The normalized spacial score (nSPS) is 10.6. The molecule has 7 heteroatoms. The largest absolute Gasteiger partial charge is 0.478 e. The number of halogens is 2. The highest BCUT2D eigenvalue weighted by molar-refractivity contribution is 5.97. The van der Waals surface area contributed by atoms with Crippen molar-refractivity contribution in [3.8, 4) is 0 Å². The van der Waals surface area contributed by atoms with Gasteiger partial charge in [-0.2, -0.15) is 5.10 Å². The highest BCUT2D eigenvalue weighted by atomic mass is 19.3. The third kappa shape index (κ3) is 1.48. The maximum absolute atomic E-state index is 12.3. The van der Waals surface area contributed by atoms with E-state index < -0.39 is 23.7 Å². The first-order chi connectivity index (χ1) is 6.49. The highest BCUT2D eigenvalue weighted by Gasteiger charge is 2.27. The second-order valence-electron chi connectivity index (χ2n) is 2.49. The van der Waals surface area contributed by atoms with Gasteiger partial charge in [-0.25, -0.2) is 13.6 Å². The van der Waals surface area contributed by atoms with Crippen molar-refractivity contribution in [3.63, 3.8) is 0 Å². The molecule has 1 N–H and O–H groups in total. The van der Waals surface area contributed by atoms with E-state index in [1.165, 1.54) is 7.05 Å². The van der Waals surface area contributed by atoms with Crippen LogP contribution in [0.4, 0.5) is 8.78 Å². The number of carboxylic acid groups (broad SMARTS) is 1. The van der Waals surface area contributed by atoms with Gasteiger partial charge in [-0.15, -0.1) is 0 Å². The summed E-state index contributed by atoms with van der Waals surface area (Å²) in [5.74, 6) is -1.59. The predicted molar refractivity (Wildman–Crippen MR) is 40.5 cm³/mol. The number of carbonyl (C=O) groups excluding carboxylic acids is 1. The smallest absolute Gasteiger partial charge is 0.340 e. The maximum atomic E-state index is 12.3. The summed E-state index contributed by atoms with van der Waals surface area (Å²) in [5, 5.41) is 11.9. The van der Waals surface area contributed by atoms with Crippen LogP contribution in [0.1, 0.15) is 33.0 Å².